The number of rotatable bonds is 6. The van der Waals surface area contributed by atoms with E-state index in [0.717, 1.165) is 12.8 Å². The van der Waals surface area contributed by atoms with Gasteiger partial charge in [-0.15, -0.1) is 0 Å². The Bertz CT molecular complexity index is 1060. The molecular formula is C26H32N4O5. The molecule has 1 fully saturated rings. The lowest BCUT2D eigenvalue weighted by Crippen LogP contribution is -2.54. The van der Waals surface area contributed by atoms with Crippen LogP contribution in [0.4, 0.5) is 16.2 Å². The smallest absolute Gasteiger partial charge is 0.323 e. The van der Waals surface area contributed by atoms with Gasteiger partial charge in [0.1, 0.15) is 18.5 Å². The summed E-state index contributed by atoms with van der Waals surface area (Å²) in [5, 5.41) is 8.41. The molecule has 0 aromatic heterocycles. The van der Waals surface area contributed by atoms with Crippen molar-refractivity contribution in [1.82, 2.24) is 10.2 Å². The van der Waals surface area contributed by atoms with E-state index in [-0.39, 0.29) is 36.7 Å². The molecule has 1 saturated heterocycles. The highest BCUT2D eigenvalue weighted by molar-refractivity contribution is 6.02. The van der Waals surface area contributed by atoms with Crippen LogP contribution in [0.1, 0.15) is 43.0 Å². The van der Waals surface area contributed by atoms with Gasteiger partial charge in [0, 0.05) is 25.0 Å². The molecule has 4 amide bonds. The van der Waals surface area contributed by atoms with E-state index in [1.165, 1.54) is 0 Å². The first-order valence-electron chi connectivity index (χ1n) is 12.0. The average Bonchev–Trinajstić information content (AvgIpc) is 2.86. The summed E-state index contributed by atoms with van der Waals surface area (Å²) in [5.74, 6) is 0.207. The molecule has 3 N–H and O–H groups in total. The van der Waals surface area contributed by atoms with Crippen LogP contribution in [-0.2, 0) is 9.53 Å². The van der Waals surface area contributed by atoms with Crippen molar-refractivity contribution in [3.05, 3.63) is 54.1 Å². The van der Waals surface area contributed by atoms with Crippen LogP contribution in [0, 0.1) is 0 Å². The van der Waals surface area contributed by atoms with E-state index < -0.39 is 6.03 Å². The van der Waals surface area contributed by atoms with E-state index in [1.807, 2.05) is 25.1 Å². The van der Waals surface area contributed by atoms with Crippen LogP contribution in [0.5, 0.6) is 5.75 Å². The van der Waals surface area contributed by atoms with E-state index in [9.17, 15) is 14.4 Å². The van der Waals surface area contributed by atoms with Crippen molar-refractivity contribution in [2.75, 3.05) is 30.8 Å². The van der Waals surface area contributed by atoms with Crippen LogP contribution < -0.4 is 20.7 Å². The summed E-state index contributed by atoms with van der Waals surface area (Å²) < 4.78 is 12.2. The zero-order valence-corrected chi connectivity index (χ0v) is 20.1. The lowest BCUT2D eigenvalue weighted by Gasteiger charge is -2.42. The predicted octanol–water partition coefficient (Wildman–Crippen LogP) is 3.63. The van der Waals surface area contributed by atoms with Crippen LogP contribution in [0.3, 0.4) is 0 Å². The number of anilines is 2. The molecule has 2 aliphatic rings. The topological polar surface area (TPSA) is 109 Å². The number of para-hydroxylation sites is 1. The summed E-state index contributed by atoms with van der Waals surface area (Å²) in [7, 11) is 1.76. The second-order valence-corrected chi connectivity index (χ2v) is 8.88. The van der Waals surface area contributed by atoms with Gasteiger partial charge in [-0.2, -0.15) is 0 Å². The third-order valence-electron chi connectivity index (χ3n) is 6.29. The fourth-order valence-electron chi connectivity index (χ4n) is 4.46. The van der Waals surface area contributed by atoms with Crippen LogP contribution in [0.25, 0.3) is 0 Å². The molecule has 3 atom stereocenters. The number of carbonyl (C=O) groups excluding carboxylic acids is 3. The van der Waals surface area contributed by atoms with Crippen molar-refractivity contribution in [1.29, 1.82) is 0 Å². The Balaban J connectivity index is 1.43. The van der Waals surface area contributed by atoms with E-state index in [1.54, 1.807) is 42.3 Å². The summed E-state index contributed by atoms with van der Waals surface area (Å²) in [4.78, 5) is 39.5. The van der Waals surface area contributed by atoms with Crippen LogP contribution in [0.15, 0.2) is 48.5 Å². The molecule has 0 bridgehead atoms. The largest absolute Gasteiger partial charge is 0.490 e. The summed E-state index contributed by atoms with van der Waals surface area (Å²) >= 11 is 0. The van der Waals surface area contributed by atoms with Crippen LogP contribution in [0.2, 0.25) is 0 Å². The Hall–Kier alpha value is -3.59. The number of nitrogens with one attached hydrogen (secondary N) is 3. The number of hydrogen-bond donors (Lipinski definition) is 3. The molecule has 35 heavy (non-hydrogen) atoms. The Morgan fingerprint density at radius 2 is 1.83 bits per heavy atom. The maximum atomic E-state index is 13.3. The van der Waals surface area contributed by atoms with Crippen molar-refractivity contribution in [2.45, 2.75) is 50.9 Å². The molecule has 0 radical (unpaired) electrons. The zero-order chi connectivity index (χ0) is 24.8. The van der Waals surface area contributed by atoms with E-state index in [0.29, 0.717) is 42.1 Å². The summed E-state index contributed by atoms with van der Waals surface area (Å²) in [6, 6.07) is 13.5. The van der Waals surface area contributed by atoms with E-state index >= 15 is 0 Å². The number of carbonyl (C=O) groups is 3. The van der Waals surface area contributed by atoms with Crippen LogP contribution in [-0.4, -0.2) is 61.2 Å². The van der Waals surface area contributed by atoms with Gasteiger partial charge in [-0.25, -0.2) is 4.79 Å². The lowest BCUT2D eigenvalue weighted by atomic mass is 9.94. The molecule has 4 rings (SSSR count). The summed E-state index contributed by atoms with van der Waals surface area (Å²) in [5.41, 5.74) is 1.53. The van der Waals surface area contributed by atoms with Gasteiger partial charge in [-0.3, -0.25) is 9.59 Å². The SMILES string of the molecule is CCCNC(=O)C[C@H]1CC[C@H]2[C@@H](COc3ccc(NC(=O)Nc4ccccc4)cc3C(=O)N2C)O1. The highest BCUT2D eigenvalue weighted by Gasteiger charge is 2.39. The number of ether oxygens (including phenoxy) is 2. The lowest BCUT2D eigenvalue weighted by molar-refractivity contribution is -0.134. The van der Waals surface area contributed by atoms with Crippen molar-refractivity contribution in [2.24, 2.45) is 0 Å². The minimum atomic E-state index is -0.404. The Morgan fingerprint density at radius 1 is 1.06 bits per heavy atom. The molecule has 186 valence electrons. The minimum absolute atomic E-state index is 0.0202. The number of benzene rings is 2. The standard InChI is InChI=1S/C26H32N4O5/c1-3-13-27-24(31)15-19-10-11-21-23(35-19)16-34-22-12-9-18(14-20(22)25(32)30(21)2)29-26(33)28-17-7-5-4-6-8-17/h4-9,12,14,19,21,23H,3,10-11,13,15-16H2,1-2H3,(H,27,31)(H2,28,29,33)/t19-,21+,23-/m1/s1. The minimum Gasteiger partial charge on any atom is -0.490 e. The maximum absolute atomic E-state index is 13.3. The Labute approximate surface area is 205 Å². The molecule has 2 aromatic carbocycles. The summed E-state index contributed by atoms with van der Waals surface area (Å²) in [6.45, 7) is 2.93. The number of fused-ring (bicyclic) bond motifs is 2. The molecule has 9 nitrogen and oxygen atoms in total. The fraction of sp³-hybridized carbons (Fsp3) is 0.423. The van der Waals surface area contributed by atoms with Gasteiger partial charge in [0.05, 0.1) is 24.1 Å². The Kier molecular flexibility index (Phi) is 7.87. The van der Waals surface area contributed by atoms with E-state index in [4.69, 9.17) is 9.47 Å². The molecule has 2 aromatic rings. The van der Waals surface area contributed by atoms with Gasteiger partial charge in [-0.1, -0.05) is 25.1 Å². The van der Waals surface area contributed by atoms with E-state index in [2.05, 4.69) is 16.0 Å². The molecule has 2 heterocycles. The number of hydrogen-bond acceptors (Lipinski definition) is 5. The van der Waals surface area contributed by atoms with Crippen molar-refractivity contribution in [3.8, 4) is 5.75 Å². The number of likely N-dealkylation sites (N-methyl/N-ethyl adjacent to an activating group) is 1. The zero-order valence-electron chi connectivity index (χ0n) is 20.1. The second-order valence-electron chi connectivity index (χ2n) is 8.88. The van der Waals surface area contributed by atoms with Gasteiger partial charge in [0.2, 0.25) is 5.91 Å². The molecule has 0 saturated carbocycles. The van der Waals surface area contributed by atoms with Crippen molar-refractivity contribution in [3.63, 3.8) is 0 Å². The fourth-order valence-corrected chi connectivity index (χ4v) is 4.46. The first-order valence-corrected chi connectivity index (χ1v) is 12.0. The highest BCUT2D eigenvalue weighted by atomic mass is 16.5. The first kappa shape index (κ1) is 24.5. The molecule has 0 spiro atoms. The van der Waals surface area contributed by atoms with Crippen molar-refractivity contribution < 1.29 is 23.9 Å². The number of amides is 4. The molecule has 0 aliphatic carbocycles. The predicted molar refractivity (Wildman–Crippen MR) is 133 cm³/mol. The van der Waals surface area contributed by atoms with Gasteiger partial charge in [0.25, 0.3) is 5.91 Å². The molecule has 2 aliphatic heterocycles. The van der Waals surface area contributed by atoms with Gasteiger partial charge in [-0.05, 0) is 49.6 Å². The highest BCUT2D eigenvalue weighted by Crippen LogP contribution is 2.32. The maximum Gasteiger partial charge on any atom is 0.323 e. The second kappa shape index (κ2) is 11.2. The first-order chi connectivity index (χ1) is 16.9. The molecule has 9 heteroatoms. The normalized spacial score (nSPS) is 21.5. The number of urea groups is 1. The number of nitrogens with zero attached hydrogens (tertiary/aromatic N) is 1. The average molecular weight is 481 g/mol. The summed E-state index contributed by atoms with van der Waals surface area (Å²) in [6.07, 6.45) is 2.06. The van der Waals surface area contributed by atoms with Gasteiger partial charge in [0.15, 0.2) is 0 Å². The quantitative estimate of drug-likeness (QED) is 0.585. The third kappa shape index (κ3) is 6.10. The molecular weight excluding hydrogens is 448 g/mol. The monoisotopic (exact) mass is 480 g/mol. The van der Waals surface area contributed by atoms with Gasteiger partial charge >= 0.3 is 6.03 Å². The third-order valence-corrected chi connectivity index (χ3v) is 6.29. The van der Waals surface area contributed by atoms with Crippen molar-refractivity contribution >= 4 is 29.2 Å². The Morgan fingerprint density at radius 3 is 2.60 bits per heavy atom. The molecule has 0 unspecified atom stereocenters. The van der Waals surface area contributed by atoms with Gasteiger partial charge < -0.3 is 30.3 Å². The van der Waals surface area contributed by atoms with Crippen LogP contribution >= 0.6 is 0 Å².